The molecule has 0 unspecified atom stereocenters. The van der Waals surface area contributed by atoms with Gasteiger partial charge in [-0.3, -0.25) is 4.90 Å². The summed E-state index contributed by atoms with van der Waals surface area (Å²) >= 11 is 1.55. The van der Waals surface area contributed by atoms with E-state index in [-0.39, 0.29) is 0 Å². The number of piperazine rings is 1. The quantitative estimate of drug-likeness (QED) is 0.575. The second-order valence-corrected chi connectivity index (χ2v) is 10.4. The SMILES string of the molecule is COc1ccc(OC)c(CN2CCN(c3nc4ccc(S(C)(=O)=O)cc4s3)CC2)c1. The minimum Gasteiger partial charge on any atom is -0.497 e. The van der Waals surface area contributed by atoms with E-state index in [1.165, 1.54) is 6.26 Å². The van der Waals surface area contributed by atoms with E-state index in [2.05, 4.69) is 9.80 Å². The van der Waals surface area contributed by atoms with Gasteiger partial charge in [-0.2, -0.15) is 0 Å². The molecule has 0 amide bonds. The van der Waals surface area contributed by atoms with Crippen LogP contribution in [0.3, 0.4) is 0 Å². The highest BCUT2D eigenvalue weighted by molar-refractivity contribution is 7.90. The predicted octanol–water partition coefficient (Wildman–Crippen LogP) is 3.04. The Balaban J connectivity index is 1.45. The second kappa shape index (κ2) is 8.41. The Morgan fingerprint density at radius 1 is 1.03 bits per heavy atom. The van der Waals surface area contributed by atoms with Crippen molar-refractivity contribution < 1.29 is 17.9 Å². The van der Waals surface area contributed by atoms with Gasteiger partial charge in [0.1, 0.15) is 11.5 Å². The Kier molecular flexibility index (Phi) is 5.86. The van der Waals surface area contributed by atoms with Crippen LogP contribution in [0.5, 0.6) is 11.5 Å². The number of anilines is 1. The van der Waals surface area contributed by atoms with Crippen molar-refractivity contribution in [2.24, 2.45) is 0 Å². The first-order valence-electron chi connectivity index (χ1n) is 9.66. The van der Waals surface area contributed by atoms with Crippen LogP contribution in [0.1, 0.15) is 5.56 Å². The van der Waals surface area contributed by atoms with E-state index in [1.54, 1.807) is 43.8 Å². The van der Waals surface area contributed by atoms with E-state index < -0.39 is 9.84 Å². The first-order chi connectivity index (χ1) is 14.4. The molecule has 1 fully saturated rings. The number of rotatable bonds is 6. The van der Waals surface area contributed by atoms with E-state index in [0.29, 0.717) is 4.90 Å². The molecule has 2 aromatic carbocycles. The van der Waals surface area contributed by atoms with Gasteiger partial charge in [-0.15, -0.1) is 0 Å². The number of hydrogen-bond donors (Lipinski definition) is 0. The summed E-state index contributed by atoms with van der Waals surface area (Å²) < 4.78 is 35.4. The van der Waals surface area contributed by atoms with Crippen LogP contribution in [-0.4, -0.2) is 65.0 Å². The molecular weight excluding hydrogens is 422 g/mol. The highest BCUT2D eigenvalue weighted by atomic mass is 32.2. The minimum absolute atomic E-state index is 0.335. The zero-order valence-corrected chi connectivity index (χ0v) is 18.9. The molecule has 1 saturated heterocycles. The molecule has 1 aromatic heterocycles. The largest absolute Gasteiger partial charge is 0.497 e. The second-order valence-electron chi connectivity index (χ2n) is 7.34. The molecular formula is C21H25N3O4S2. The lowest BCUT2D eigenvalue weighted by Gasteiger charge is -2.34. The summed E-state index contributed by atoms with van der Waals surface area (Å²) in [6, 6.07) is 11.0. The van der Waals surface area contributed by atoms with Gasteiger partial charge in [-0.05, 0) is 36.4 Å². The van der Waals surface area contributed by atoms with Crippen molar-refractivity contribution in [3.63, 3.8) is 0 Å². The molecule has 0 spiro atoms. The Bertz CT molecular complexity index is 1150. The zero-order valence-electron chi connectivity index (χ0n) is 17.3. The molecule has 0 aliphatic carbocycles. The van der Waals surface area contributed by atoms with E-state index >= 15 is 0 Å². The van der Waals surface area contributed by atoms with Gasteiger partial charge >= 0.3 is 0 Å². The van der Waals surface area contributed by atoms with E-state index in [9.17, 15) is 8.42 Å². The van der Waals surface area contributed by atoms with E-state index in [4.69, 9.17) is 14.5 Å². The first-order valence-corrected chi connectivity index (χ1v) is 12.4. The van der Waals surface area contributed by atoms with Crippen molar-refractivity contribution in [1.29, 1.82) is 0 Å². The van der Waals surface area contributed by atoms with Gasteiger partial charge in [-0.1, -0.05) is 11.3 Å². The van der Waals surface area contributed by atoms with Crippen LogP contribution in [-0.2, 0) is 16.4 Å². The number of methoxy groups -OCH3 is 2. The molecule has 1 aliphatic rings. The molecule has 0 saturated carbocycles. The molecule has 7 nitrogen and oxygen atoms in total. The lowest BCUT2D eigenvalue weighted by Crippen LogP contribution is -2.45. The minimum atomic E-state index is -3.22. The number of sulfone groups is 1. The summed E-state index contributed by atoms with van der Waals surface area (Å²) in [5, 5.41) is 0.939. The number of aromatic nitrogens is 1. The van der Waals surface area contributed by atoms with Gasteiger partial charge in [0, 0.05) is 44.5 Å². The van der Waals surface area contributed by atoms with Crippen LogP contribution >= 0.6 is 11.3 Å². The monoisotopic (exact) mass is 447 g/mol. The molecule has 2 heterocycles. The van der Waals surface area contributed by atoms with Crippen molar-refractivity contribution in [2.45, 2.75) is 11.4 Å². The average molecular weight is 448 g/mol. The Morgan fingerprint density at radius 3 is 2.47 bits per heavy atom. The van der Waals surface area contributed by atoms with Crippen LogP contribution in [0, 0.1) is 0 Å². The van der Waals surface area contributed by atoms with Gasteiger partial charge in [0.2, 0.25) is 0 Å². The number of thiazole rings is 1. The van der Waals surface area contributed by atoms with E-state index in [1.807, 2.05) is 18.2 Å². The van der Waals surface area contributed by atoms with Gasteiger partial charge in [0.25, 0.3) is 0 Å². The molecule has 1 aliphatic heterocycles. The lowest BCUT2D eigenvalue weighted by molar-refractivity contribution is 0.245. The van der Waals surface area contributed by atoms with Gasteiger partial charge in [0.05, 0.1) is 29.3 Å². The predicted molar refractivity (Wildman–Crippen MR) is 120 cm³/mol. The summed E-state index contributed by atoms with van der Waals surface area (Å²) in [4.78, 5) is 9.71. The fourth-order valence-corrected chi connectivity index (χ4v) is 5.38. The highest BCUT2D eigenvalue weighted by Gasteiger charge is 2.21. The number of nitrogens with zero attached hydrogens (tertiary/aromatic N) is 3. The molecule has 4 rings (SSSR count). The van der Waals surface area contributed by atoms with Gasteiger partial charge < -0.3 is 14.4 Å². The van der Waals surface area contributed by atoms with Gasteiger partial charge in [-0.25, -0.2) is 13.4 Å². The maximum atomic E-state index is 11.8. The van der Waals surface area contributed by atoms with Crippen molar-refractivity contribution in [3.05, 3.63) is 42.0 Å². The Hall–Kier alpha value is -2.36. The average Bonchev–Trinajstić information content (AvgIpc) is 3.17. The summed E-state index contributed by atoms with van der Waals surface area (Å²) in [5.74, 6) is 1.69. The van der Waals surface area contributed by atoms with Crippen molar-refractivity contribution in [3.8, 4) is 11.5 Å². The zero-order chi connectivity index (χ0) is 21.3. The topological polar surface area (TPSA) is 72.0 Å². The van der Waals surface area contributed by atoms with Crippen LogP contribution in [0.15, 0.2) is 41.3 Å². The summed E-state index contributed by atoms with van der Waals surface area (Å²) in [5.41, 5.74) is 1.95. The smallest absolute Gasteiger partial charge is 0.186 e. The fraction of sp³-hybridized carbons (Fsp3) is 0.381. The maximum Gasteiger partial charge on any atom is 0.186 e. The maximum absolute atomic E-state index is 11.8. The summed E-state index contributed by atoms with van der Waals surface area (Å²) in [7, 11) is 0.136. The lowest BCUT2D eigenvalue weighted by atomic mass is 10.1. The molecule has 0 N–H and O–H groups in total. The highest BCUT2D eigenvalue weighted by Crippen LogP contribution is 2.32. The molecule has 0 bridgehead atoms. The van der Waals surface area contributed by atoms with Crippen molar-refractivity contribution in [1.82, 2.24) is 9.88 Å². The molecule has 0 atom stereocenters. The normalized spacial score (nSPS) is 15.5. The van der Waals surface area contributed by atoms with Crippen molar-refractivity contribution >= 4 is 36.5 Å². The van der Waals surface area contributed by atoms with Gasteiger partial charge in [0.15, 0.2) is 15.0 Å². The molecule has 30 heavy (non-hydrogen) atoms. The first kappa shape index (κ1) is 20.9. The standard InChI is InChI=1S/C21H25N3O4S2/c1-27-16-4-7-19(28-2)15(12-16)14-23-8-10-24(11-9-23)21-22-18-6-5-17(30(3,25)26)13-20(18)29-21/h4-7,12-13H,8-11,14H2,1-3H3. The number of ether oxygens (including phenoxy) is 2. The molecule has 3 aromatic rings. The summed E-state index contributed by atoms with van der Waals surface area (Å²) in [6.07, 6.45) is 1.23. The Labute approximate surface area is 180 Å². The van der Waals surface area contributed by atoms with E-state index in [0.717, 1.165) is 65.1 Å². The van der Waals surface area contributed by atoms with Crippen LogP contribution in [0.4, 0.5) is 5.13 Å². The third-order valence-electron chi connectivity index (χ3n) is 5.30. The molecule has 9 heteroatoms. The number of hydrogen-bond acceptors (Lipinski definition) is 8. The summed E-state index contributed by atoms with van der Waals surface area (Å²) in [6.45, 7) is 4.34. The molecule has 160 valence electrons. The number of fused-ring (bicyclic) bond motifs is 1. The fourth-order valence-electron chi connectivity index (χ4n) is 3.60. The Morgan fingerprint density at radius 2 is 1.80 bits per heavy atom. The third-order valence-corrected chi connectivity index (χ3v) is 7.49. The van der Waals surface area contributed by atoms with Crippen LogP contribution in [0.2, 0.25) is 0 Å². The van der Waals surface area contributed by atoms with Crippen LogP contribution in [0.25, 0.3) is 10.2 Å². The van der Waals surface area contributed by atoms with Crippen LogP contribution < -0.4 is 14.4 Å². The van der Waals surface area contributed by atoms with Crippen molar-refractivity contribution in [2.75, 3.05) is 51.6 Å². The third kappa shape index (κ3) is 4.38. The number of benzene rings is 2. The molecule has 0 radical (unpaired) electrons.